The first-order chi connectivity index (χ1) is 15.9. The van der Waals surface area contributed by atoms with Gasteiger partial charge in [0, 0.05) is 37.8 Å². The van der Waals surface area contributed by atoms with E-state index in [2.05, 4.69) is 9.62 Å². The number of halogens is 4. The number of nitro benzene ring substituents is 2. The zero-order valence-electron chi connectivity index (χ0n) is 18.2. The lowest BCUT2D eigenvalue weighted by molar-refractivity contribution is -0.388. The third kappa shape index (κ3) is 7.10. The maximum Gasteiger partial charge on any atom is 0.416 e. The number of fused-ring (bicyclic) bond motifs is 1. The lowest BCUT2D eigenvalue weighted by atomic mass is 9.99. The number of hydrogen-bond acceptors (Lipinski definition) is 7. The molecule has 0 atom stereocenters. The fourth-order valence-electron chi connectivity index (χ4n) is 3.71. The Morgan fingerprint density at radius 1 is 1.00 bits per heavy atom. The van der Waals surface area contributed by atoms with Gasteiger partial charge in [-0.1, -0.05) is 6.07 Å². The molecule has 0 saturated carbocycles. The van der Waals surface area contributed by atoms with Crippen molar-refractivity contribution in [2.75, 3.05) is 19.6 Å². The number of unbranched alkanes of at least 4 members (excludes halogenated alkanes) is 1. The fraction of sp³-hybridized carbons (Fsp3) is 0.400. The van der Waals surface area contributed by atoms with Gasteiger partial charge in [-0.05, 0) is 49.1 Å². The van der Waals surface area contributed by atoms with E-state index in [0.717, 1.165) is 24.1 Å². The molecule has 0 spiro atoms. The molecule has 1 aliphatic heterocycles. The molecule has 0 bridgehead atoms. The van der Waals surface area contributed by atoms with Gasteiger partial charge in [-0.15, -0.1) is 12.4 Å². The number of sulfonamides is 1. The van der Waals surface area contributed by atoms with E-state index in [1.54, 1.807) is 12.1 Å². The van der Waals surface area contributed by atoms with E-state index in [9.17, 15) is 41.8 Å². The first kappa shape index (κ1) is 28.4. The first-order valence-corrected chi connectivity index (χ1v) is 11.7. The molecule has 0 aromatic heterocycles. The Hall–Kier alpha value is -2.81. The number of benzene rings is 2. The molecule has 35 heavy (non-hydrogen) atoms. The summed E-state index contributed by atoms with van der Waals surface area (Å²) >= 11 is 0. The van der Waals surface area contributed by atoms with Crippen LogP contribution in [0.15, 0.2) is 41.3 Å². The van der Waals surface area contributed by atoms with Crippen molar-refractivity contribution in [3.8, 4) is 0 Å². The van der Waals surface area contributed by atoms with E-state index in [1.165, 1.54) is 6.07 Å². The topological polar surface area (TPSA) is 136 Å². The van der Waals surface area contributed by atoms with Crippen molar-refractivity contribution in [3.63, 3.8) is 0 Å². The molecule has 1 N–H and O–H groups in total. The average Bonchev–Trinajstić information content (AvgIpc) is 2.77. The Bertz CT molecular complexity index is 1210. The van der Waals surface area contributed by atoms with Gasteiger partial charge in [-0.25, -0.2) is 13.1 Å². The van der Waals surface area contributed by atoms with Crippen LogP contribution in [0.5, 0.6) is 0 Å². The summed E-state index contributed by atoms with van der Waals surface area (Å²) in [6.07, 6.45) is -3.16. The van der Waals surface area contributed by atoms with Gasteiger partial charge in [0.2, 0.25) is 10.0 Å². The van der Waals surface area contributed by atoms with Crippen LogP contribution >= 0.6 is 12.4 Å². The quantitative estimate of drug-likeness (QED) is 0.289. The summed E-state index contributed by atoms with van der Waals surface area (Å²) in [6, 6.07) is 6.04. The van der Waals surface area contributed by atoms with E-state index >= 15 is 0 Å². The normalized spacial score (nSPS) is 14.1. The number of hydrogen-bond donors (Lipinski definition) is 1. The van der Waals surface area contributed by atoms with Crippen molar-refractivity contribution in [2.24, 2.45) is 0 Å². The molecule has 3 rings (SSSR count). The molecule has 0 saturated heterocycles. The van der Waals surface area contributed by atoms with Crippen molar-refractivity contribution < 1.29 is 31.4 Å². The highest BCUT2D eigenvalue weighted by Crippen LogP contribution is 2.34. The van der Waals surface area contributed by atoms with Crippen LogP contribution < -0.4 is 4.72 Å². The number of nitrogens with zero attached hydrogens (tertiary/aromatic N) is 3. The maximum absolute atomic E-state index is 12.8. The summed E-state index contributed by atoms with van der Waals surface area (Å²) in [6.45, 7) is 1.81. The van der Waals surface area contributed by atoms with Gasteiger partial charge in [0.1, 0.15) is 0 Å². The predicted octanol–water partition coefficient (Wildman–Crippen LogP) is 4.06. The van der Waals surface area contributed by atoms with Crippen LogP contribution in [0, 0.1) is 20.2 Å². The SMILES string of the molecule is Cl.O=[N+]([O-])c1ccc2c(c1)CN(CCCCNS(=O)(=O)c1ccc(C(F)(F)F)cc1[N+](=O)[O-])CC2. The number of rotatable bonds is 9. The van der Waals surface area contributed by atoms with Crippen LogP contribution in [-0.2, 0) is 29.2 Å². The lowest BCUT2D eigenvalue weighted by Gasteiger charge is -2.28. The largest absolute Gasteiger partial charge is 0.416 e. The van der Waals surface area contributed by atoms with Gasteiger partial charge < -0.3 is 0 Å². The smallest absolute Gasteiger partial charge is 0.299 e. The molecule has 1 heterocycles. The molecular formula is C20H22ClF3N4O6S. The molecule has 1 aliphatic rings. The number of nitro groups is 2. The second kappa shape index (κ2) is 11.3. The predicted molar refractivity (Wildman–Crippen MR) is 122 cm³/mol. The van der Waals surface area contributed by atoms with Gasteiger partial charge in [-0.2, -0.15) is 13.2 Å². The Kier molecular flexibility index (Phi) is 9.17. The van der Waals surface area contributed by atoms with Crippen LogP contribution in [-0.4, -0.2) is 42.8 Å². The summed E-state index contributed by atoms with van der Waals surface area (Å²) in [5, 5.41) is 22.1. The van der Waals surface area contributed by atoms with Gasteiger partial charge in [0.25, 0.3) is 11.4 Å². The van der Waals surface area contributed by atoms with Crippen molar-refractivity contribution >= 4 is 33.8 Å². The van der Waals surface area contributed by atoms with Gasteiger partial charge in [-0.3, -0.25) is 25.1 Å². The summed E-state index contributed by atoms with van der Waals surface area (Å²) in [7, 11) is -4.39. The number of alkyl halides is 3. The molecule has 192 valence electrons. The van der Waals surface area contributed by atoms with E-state index < -0.39 is 42.2 Å². The van der Waals surface area contributed by atoms with Crippen molar-refractivity contribution in [1.29, 1.82) is 0 Å². The Balaban J connectivity index is 0.00000432. The minimum Gasteiger partial charge on any atom is -0.299 e. The molecule has 0 amide bonds. The second-order valence-corrected chi connectivity index (χ2v) is 9.51. The van der Waals surface area contributed by atoms with Crippen molar-refractivity contribution in [2.45, 2.75) is 36.9 Å². The zero-order valence-corrected chi connectivity index (χ0v) is 19.8. The van der Waals surface area contributed by atoms with Crippen LogP contribution in [0.2, 0.25) is 0 Å². The fourth-order valence-corrected chi connectivity index (χ4v) is 4.94. The van der Waals surface area contributed by atoms with E-state index in [-0.39, 0.29) is 30.7 Å². The second-order valence-electron chi connectivity index (χ2n) is 7.78. The summed E-state index contributed by atoms with van der Waals surface area (Å²) in [5.74, 6) is 0. The number of non-ortho nitro benzene ring substituents is 1. The standard InChI is InChI=1S/C20H21F3N4O6S.ClH/c21-20(22,23)16-4-6-19(18(12-16)27(30)31)34(32,33)24-8-1-2-9-25-10-7-14-3-5-17(26(28)29)11-15(14)13-25;/h3-6,11-12,24H,1-2,7-10,13H2;1H. The highest BCUT2D eigenvalue weighted by molar-refractivity contribution is 7.89. The highest BCUT2D eigenvalue weighted by Gasteiger charge is 2.35. The monoisotopic (exact) mass is 538 g/mol. The van der Waals surface area contributed by atoms with Crippen LogP contribution in [0.3, 0.4) is 0 Å². The third-order valence-corrected chi connectivity index (χ3v) is 6.97. The van der Waals surface area contributed by atoms with Crippen LogP contribution in [0.1, 0.15) is 29.5 Å². The summed E-state index contributed by atoms with van der Waals surface area (Å²) in [5.41, 5.74) is -0.522. The van der Waals surface area contributed by atoms with Crippen LogP contribution in [0.25, 0.3) is 0 Å². The van der Waals surface area contributed by atoms with E-state index in [0.29, 0.717) is 38.1 Å². The van der Waals surface area contributed by atoms with Gasteiger partial charge in [0.15, 0.2) is 4.90 Å². The van der Waals surface area contributed by atoms with E-state index in [1.807, 2.05) is 0 Å². The molecule has 10 nitrogen and oxygen atoms in total. The molecular weight excluding hydrogens is 517 g/mol. The van der Waals surface area contributed by atoms with Crippen LogP contribution in [0.4, 0.5) is 24.5 Å². The Labute approximate surface area is 204 Å². The summed E-state index contributed by atoms with van der Waals surface area (Å²) < 4.78 is 65.5. The van der Waals surface area contributed by atoms with Gasteiger partial charge >= 0.3 is 6.18 Å². The zero-order chi connectivity index (χ0) is 25.1. The average molecular weight is 539 g/mol. The van der Waals surface area contributed by atoms with Crippen molar-refractivity contribution in [3.05, 3.63) is 73.3 Å². The Morgan fingerprint density at radius 3 is 2.34 bits per heavy atom. The highest BCUT2D eigenvalue weighted by atomic mass is 35.5. The summed E-state index contributed by atoms with van der Waals surface area (Å²) in [4.78, 5) is 21.7. The molecule has 2 aromatic rings. The minimum absolute atomic E-state index is 0. The Morgan fingerprint density at radius 2 is 1.71 bits per heavy atom. The third-order valence-electron chi connectivity index (χ3n) is 5.46. The molecule has 0 fully saturated rings. The molecule has 0 aliphatic carbocycles. The molecule has 2 aromatic carbocycles. The maximum atomic E-state index is 12.8. The van der Waals surface area contributed by atoms with Gasteiger partial charge in [0.05, 0.1) is 15.4 Å². The molecule has 0 radical (unpaired) electrons. The van der Waals surface area contributed by atoms with Crippen molar-refractivity contribution in [1.82, 2.24) is 9.62 Å². The molecule has 0 unspecified atom stereocenters. The molecule has 15 heteroatoms. The van der Waals surface area contributed by atoms with E-state index in [4.69, 9.17) is 0 Å². The lowest BCUT2D eigenvalue weighted by Crippen LogP contribution is -2.32. The minimum atomic E-state index is -4.85. The first-order valence-electron chi connectivity index (χ1n) is 10.2. The number of nitrogens with one attached hydrogen (secondary N) is 1.